The van der Waals surface area contributed by atoms with Gasteiger partial charge in [0.05, 0.1) is 16.3 Å². The number of fused-ring (bicyclic) bond motifs is 3. The van der Waals surface area contributed by atoms with Crippen molar-refractivity contribution in [2.45, 2.75) is 6.54 Å². The van der Waals surface area contributed by atoms with E-state index in [1.54, 1.807) is 12.1 Å². The number of nitro benzene ring substituents is 1. The Morgan fingerprint density at radius 1 is 1.12 bits per heavy atom. The van der Waals surface area contributed by atoms with Crippen LogP contribution in [0, 0.1) is 10.1 Å². The lowest BCUT2D eigenvalue weighted by atomic mass is 10.00. The topological polar surface area (TPSA) is 86.2 Å². The van der Waals surface area contributed by atoms with Crippen molar-refractivity contribution in [1.82, 2.24) is 14.8 Å². The third kappa shape index (κ3) is 2.31. The molecule has 2 heterocycles. The summed E-state index contributed by atoms with van der Waals surface area (Å²) in [7, 11) is 0. The Kier molecular flexibility index (Phi) is 3.46. The van der Waals surface area contributed by atoms with Crippen LogP contribution in [0.4, 0.5) is 5.69 Å². The Bertz CT molecular complexity index is 981. The van der Waals surface area contributed by atoms with Crippen molar-refractivity contribution in [2.75, 3.05) is 0 Å². The van der Waals surface area contributed by atoms with Crippen LogP contribution >= 0.6 is 15.9 Å². The molecule has 2 aromatic carbocycles. The van der Waals surface area contributed by atoms with Gasteiger partial charge in [-0.3, -0.25) is 19.7 Å². The number of rotatable bonds is 2. The number of hydrogen-bond donors (Lipinski definition) is 0. The van der Waals surface area contributed by atoms with Crippen LogP contribution in [0.5, 0.6) is 0 Å². The highest BCUT2D eigenvalue weighted by molar-refractivity contribution is 9.10. The Balaban J connectivity index is 2.01. The molecule has 0 saturated carbocycles. The SMILES string of the molecule is O=[N+]([O-])c1ccc2c(c1)C(c1ccccc1)=NCc1nnc(Br)n1-2. The highest BCUT2D eigenvalue weighted by atomic mass is 79.9. The van der Waals surface area contributed by atoms with Gasteiger partial charge in [-0.05, 0) is 22.0 Å². The molecule has 8 heteroatoms. The first kappa shape index (κ1) is 14.7. The van der Waals surface area contributed by atoms with E-state index in [1.807, 2.05) is 34.9 Å². The van der Waals surface area contributed by atoms with Crippen molar-refractivity contribution in [3.05, 3.63) is 80.3 Å². The van der Waals surface area contributed by atoms with Gasteiger partial charge in [0.2, 0.25) is 4.73 Å². The van der Waals surface area contributed by atoms with Gasteiger partial charge in [0, 0.05) is 23.3 Å². The number of nitro groups is 1. The normalized spacial score (nSPS) is 12.8. The summed E-state index contributed by atoms with van der Waals surface area (Å²) in [6.45, 7) is 0.339. The summed E-state index contributed by atoms with van der Waals surface area (Å²) >= 11 is 3.38. The number of hydrogen-bond acceptors (Lipinski definition) is 5. The fourth-order valence-corrected chi connectivity index (χ4v) is 3.21. The van der Waals surface area contributed by atoms with E-state index in [0.717, 1.165) is 11.3 Å². The van der Waals surface area contributed by atoms with Crippen molar-refractivity contribution in [3.8, 4) is 5.69 Å². The van der Waals surface area contributed by atoms with E-state index in [4.69, 9.17) is 0 Å². The van der Waals surface area contributed by atoms with E-state index >= 15 is 0 Å². The van der Waals surface area contributed by atoms with Crippen molar-refractivity contribution in [2.24, 2.45) is 4.99 Å². The molecule has 0 aliphatic carbocycles. The summed E-state index contributed by atoms with van der Waals surface area (Å²) in [5.41, 5.74) is 3.05. The van der Waals surface area contributed by atoms with Gasteiger partial charge in [0.15, 0.2) is 5.82 Å². The van der Waals surface area contributed by atoms with Crippen LogP contribution in [-0.4, -0.2) is 25.4 Å². The van der Waals surface area contributed by atoms with Crippen molar-refractivity contribution < 1.29 is 4.92 Å². The minimum atomic E-state index is -0.407. The number of nitrogens with zero attached hydrogens (tertiary/aromatic N) is 5. The van der Waals surface area contributed by atoms with Gasteiger partial charge < -0.3 is 0 Å². The lowest BCUT2D eigenvalue weighted by Gasteiger charge is -2.11. The van der Waals surface area contributed by atoms with Crippen LogP contribution in [0.1, 0.15) is 17.0 Å². The summed E-state index contributed by atoms with van der Waals surface area (Å²) < 4.78 is 2.36. The molecule has 0 amide bonds. The third-order valence-electron chi connectivity index (χ3n) is 3.80. The molecule has 0 saturated heterocycles. The number of halogens is 1. The van der Waals surface area contributed by atoms with Crippen molar-refractivity contribution in [1.29, 1.82) is 0 Å². The maximum Gasteiger partial charge on any atom is 0.270 e. The molecule has 118 valence electrons. The molecule has 3 aromatic rings. The molecule has 0 atom stereocenters. The van der Waals surface area contributed by atoms with Gasteiger partial charge >= 0.3 is 0 Å². The van der Waals surface area contributed by atoms with Crippen LogP contribution in [0.3, 0.4) is 0 Å². The second-order valence-electron chi connectivity index (χ2n) is 5.21. The molecule has 24 heavy (non-hydrogen) atoms. The zero-order valence-corrected chi connectivity index (χ0v) is 13.8. The summed E-state index contributed by atoms with van der Waals surface area (Å²) in [6.07, 6.45) is 0. The minimum Gasteiger partial charge on any atom is -0.276 e. The number of benzene rings is 2. The highest BCUT2D eigenvalue weighted by Gasteiger charge is 2.24. The predicted octanol–water partition coefficient (Wildman–Crippen LogP) is 3.29. The second kappa shape index (κ2) is 5.64. The standard InChI is InChI=1S/C16H10BrN5O2/c17-16-20-19-14-9-18-15(10-4-2-1-3-5-10)12-8-11(22(23)24)6-7-13(12)21(14)16/h1-8H,9H2. The molecule has 1 aliphatic heterocycles. The fourth-order valence-electron chi connectivity index (χ4n) is 2.74. The van der Waals surface area contributed by atoms with Gasteiger partial charge in [0.25, 0.3) is 5.69 Å². The number of aliphatic imine (C=N–C) groups is 1. The molecule has 0 bridgehead atoms. The zero-order valence-electron chi connectivity index (χ0n) is 12.3. The molecule has 1 aliphatic rings. The maximum atomic E-state index is 11.2. The Morgan fingerprint density at radius 3 is 2.67 bits per heavy atom. The van der Waals surface area contributed by atoms with E-state index in [2.05, 4.69) is 31.1 Å². The molecule has 4 rings (SSSR count). The molecule has 0 spiro atoms. The van der Waals surface area contributed by atoms with Gasteiger partial charge in [-0.1, -0.05) is 30.3 Å². The average Bonchev–Trinajstić information content (AvgIpc) is 2.87. The maximum absolute atomic E-state index is 11.2. The molecule has 0 fully saturated rings. The number of aromatic nitrogens is 3. The molecule has 0 radical (unpaired) electrons. The number of non-ortho nitro benzene ring substituents is 1. The zero-order chi connectivity index (χ0) is 16.7. The van der Waals surface area contributed by atoms with E-state index in [-0.39, 0.29) is 5.69 Å². The first-order chi connectivity index (χ1) is 11.6. The average molecular weight is 384 g/mol. The second-order valence-corrected chi connectivity index (χ2v) is 5.92. The summed E-state index contributed by atoms with van der Waals surface area (Å²) in [6, 6.07) is 14.3. The van der Waals surface area contributed by atoms with E-state index < -0.39 is 4.92 Å². The molecule has 0 unspecified atom stereocenters. The van der Waals surface area contributed by atoms with Crippen LogP contribution in [0.15, 0.2) is 58.3 Å². The molecular formula is C16H10BrN5O2. The summed E-state index contributed by atoms with van der Waals surface area (Å²) in [4.78, 5) is 15.4. The third-order valence-corrected chi connectivity index (χ3v) is 4.32. The summed E-state index contributed by atoms with van der Waals surface area (Å²) in [5, 5.41) is 19.3. The molecule has 0 N–H and O–H groups in total. The fraction of sp³-hybridized carbons (Fsp3) is 0.0625. The quantitative estimate of drug-likeness (QED) is 0.501. The molecular weight excluding hydrogens is 374 g/mol. The van der Waals surface area contributed by atoms with Crippen molar-refractivity contribution >= 4 is 27.3 Å². The largest absolute Gasteiger partial charge is 0.276 e. The first-order valence-electron chi connectivity index (χ1n) is 7.14. The van der Waals surface area contributed by atoms with Gasteiger partial charge in [-0.25, -0.2) is 0 Å². The minimum absolute atomic E-state index is 0.0185. The van der Waals surface area contributed by atoms with Gasteiger partial charge in [-0.15, -0.1) is 10.2 Å². The van der Waals surface area contributed by atoms with Crippen LogP contribution in [0.2, 0.25) is 0 Å². The van der Waals surface area contributed by atoms with Crippen LogP contribution in [0.25, 0.3) is 5.69 Å². The van der Waals surface area contributed by atoms with E-state index in [0.29, 0.717) is 28.4 Å². The monoisotopic (exact) mass is 383 g/mol. The Morgan fingerprint density at radius 2 is 1.92 bits per heavy atom. The molecule has 7 nitrogen and oxygen atoms in total. The van der Waals surface area contributed by atoms with Crippen molar-refractivity contribution in [3.63, 3.8) is 0 Å². The van der Waals surface area contributed by atoms with Crippen LogP contribution in [-0.2, 0) is 6.54 Å². The first-order valence-corrected chi connectivity index (χ1v) is 7.93. The van der Waals surface area contributed by atoms with E-state index in [1.165, 1.54) is 6.07 Å². The molecule has 1 aromatic heterocycles. The Hall–Kier alpha value is -2.87. The van der Waals surface area contributed by atoms with Gasteiger partial charge in [0.1, 0.15) is 6.54 Å². The highest BCUT2D eigenvalue weighted by Crippen LogP contribution is 2.30. The lowest BCUT2D eigenvalue weighted by Crippen LogP contribution is -2.08. The van der Waals surface area contributed by atoms with Crippen LogP contribution < -0.4 is 0 Å². The Labute approximate surface area is 145 Å². The van der Waals surface area contributed by atoms with Gasteiger partial charge in [-0.2, -0.15) is 0 Å². The van der Waals surface area contributed by atoms with E-state index in [9.17, 15) is 10.1 Å². The summed E-state index contributed by atoms with van der Waals surface area (Å²) in [5.74, 6) is 0.669. The smallest absolute Gasteiger partial charge is 0.270 e. The lowest BCUT2D eigenvalue weighted by molar-refractivity contribution is -0.384. The predicted molar refractivity (Wildman–Crippen MR) is 91.5 cm³/mol.